The third kappa shape index (κ3) is 7.36. The number of carbonyl (C=O) groups excluding carboxylic acids is 2. The number of hydrogen-bond donors (Lipinski definition) is 1. The summed E-state index contributed by atoms with van der Waals surface area (Å²) in [6.07, 6.45) is 1.02. The number of halogens is 1. The Morgan fingerprint density at radius 2 is 1.71 bits per heavy atom. The fraction of sp³-hybridized carbons (Fsp3) is 0.417. The lowest BCUT2D eigenvalue weighted by atomic mass is 10.1. The monoisotopic (exact) mass is 509 g/mol. The topological polar surface area (TPSA) is 96.0 Å². The second-order valence-electron chi connectivity index (χ2n) is 8.41. The maximum absolute atomic E-state index is 13.5. The smallest absolute Gasteiger partial charge is 0.244 e. The molecule has 0 aliphatic rings. The lowest BCUT2D eigenvalue weighted by Crippen LogP contribution is -2.52. The largest absolute Gasteiger partial charge is 0.497 e. The summed E-state index contributed by atoms with van der Waals surface area (Å²) in [7, 11) is -2.26. The molecule has 0 saturated heterocycles. The van der Waals surface area contributed by atoms with Crippen molar-refractivity contribution in [2.45, 2.75) is 46.3 Å². The van der Waals surface area contributed by atoms with Crippen molar-refractivity contribution in [3.05, 3.63) is 58.6 Å². The molecule has 0 radical (unpaired) electrons. The highest BCUT2D eigenvalue weighted by Crippen LogP contribution is 2.25. The molecule has 2 aromatic rings. The van der Waals surface area contributed by atoms with Crippen molar-refractivity contribution in [2.75, 3.05) is 24.2 Å². The molecule has 0 spiro atoms. The molecule has 2 aromatic carbocycles. The van der Waals surface area contributed by atoms with Crippen molar-refractivity contribution in [1.82, 2.24) is 10.2 Å². The number of amides is 2. The normalized spacial score (nSPS) is 12.2. The molecular formula is C24H32ClN3O5S. The van der Waals surface area contributed by atoms with Crippen molar-refractivity contribution in [1.29, 1.82) is 0 Å². The minimum absolute atomic E-state index is 0.113. The molecule has 34 heavy (non-hydrogen) atoms. The van der Waals surface area contributed by atoms with Crippen molar-refractivity contribution < 1.29 is 22.7 Å². The fourth-order valence-corrected chi connectivity index (χ4v) is 4.28. The maximum Gasteiger partial charge on any atom is 0.244 e. The van der Waals surface area contributed by atoms with Crippen LogP contribution < -0.4 is 14.4 Å². The van der Waals surface area contributed by atoms with Gasteiger partial charge in [-0.2, -0.15) is 0 Å². The third-order valence-electron chi connectivity index (χ3n) is 5.23. The van der Waals surface area contributed by atoms with E-state index in [1.807, 2.05) is 13.8 Å². The second kappa shape index (κ2) is 11.6. The summed E-state index contributed by atoms with van der Waals surface area (Å²) in [5.74, 6) is -0.197. The number of hydrogen-bond acceptors (Lipinski definition) is 5. The van der Waals surface area contributed by atoms with Gasteiger partial charge in [0, 0.05) is 17.6 Å². The summed E-state index contributed by atoms with van der Waals surface area (Å²) in [5.41, 5.74) is 1.82. The Hall–Kier alpha value is -2.78. The van der Waals surface area contributed by atoms with Gasteiger partial charge in [0.05, 0.1) is 19.1 Å². The summed E-state index contributed by atoms with van der Waals surface area (Å²) in [5, 5.41) is 3.20. The van der Waals surface area contributed by atoms with Crippen molar-refractivity contribution in [3.63, 3.8) is 0 Å². The van der Waals surface area contributed by atoms with Gasteiger partial charge in [0.1, 0.15) is 18.3 Å². The first kappa shape index (κ1) is 27.5. The van der Waals surface area contributed by atoms with Gasteiger partial charge >= 0.3 is 0 Å². The first-order valence-electron chi connectivity index (χ1n) is 10.8. The molecule has 186 valence electrons. The number of aryl methyl sites for hydroxylation is 1. The molecule has 0 bridgehead atoms. The molecule has 1 atom stereocenters. The lowest BCUT2D eigenvalue weighted by molar-refractivity contribution is -0.139. The van der Waals surface area contributed by atoms with E-state index in [-0.39, 0.29) is 24.2 Å². The zero-order valence-corrected chi connectivity index (χ0v) is 21.9. The van der Waals surface area contributed by atoms with Crippen LogP contribution in [0.3, 0.4) is 0 Å². The predicted octanol–water partition coefficient (Wildman–Crippen LogP) is 3.36. The van der Waals surface area contributed by atoms with Gasteiger partial charge in [-0.25, -0.2) is 8.42 Å². The van der Waals surface area contributed by atoms with E-state index in [9.17, 15) is 18.0 Å². The van der Waals surface area contributed by atoms with Gasteiger partial charge < -0.3 is 15.0 Å². The van der Waals surface area contributed by atoms with Crippen LogP contribution in [0.25, 0.3) is 0 Å². The van der Waals surface area contributed by atoms with E-state index < -0.39 is 28.5 Å². The molecule has 1 N–H and O–H groups in total. The van der Waals surface area contributed by atoms with Crippen LogP contribution in [0, 0.1) is 6.92 Å². The molecule has 2 rings (SSSR count). The molecule has 0 heterocycles. The van der Waals surface area contributed by atoms with E-state index in [2.05, 4.69) is 5.32 Å². The van der Waals surface area contributed by atoms with Crippen molar-refractivity contribution >= 4 is 39.1 Å². The van der Waals surface area contributed by atoms with E-state index in [0.29, 0.717) is 10.8 Å². The Morgan fingerprint density at radius 3 is 2.21 bits per heavy atom. The van der Waals surface area contributed by atoms with Crippen molar-refractivity contribution in [3.8, 4) is 5.75 Å². The Labute approximate surface area is 206 Å². The first-order chi connectivity index (χ1) is 15.8. The number of sulfonamides is 1. The molecule has 10 heteroatoms. The summed E-state index contributed by atoms with van der Waals surface area (Å²) in [6.45, 7) is 6.70. The molecule has 0 aromatic heterocycles. The Balaban J connectivity index is 2.40. The SMILES string of the molecule is COc1ccc(CN(C(=O)CN(c2ccc(C)c(Cl)c2)S(C)(=O)=O)[C@H](C)C(=O)NC(C)C)cc1. The van der Waals surface area contributed by atoms with E-state index in [0.717, 1.165) is 21.7 Å². The molecule has 8 nitrogen and oxygen atoms in total. The zero-order chi connectivity index (χ0) is 25.6. The van der Waals surface area contributed by atoms with Gasteiger partial charge in [0.2, 0.25) is 21.8 Å². The minimum Gasteiger partial charge on any atom is -0.497 e. The summed E-state index contributed by atoms with van der Waals surface area (Å²) in [6, 6.07) is 10.9. The number of carbonyl (C=O) groups is 2. The number of ether oxygens (including phenoxy) is 1. The third-order valence-corrected chi connectivity index (χ3v) is 6.78. The number of anilines is 1. The molecule has 2 amide bonds. The van der Waals surface area contributed by atoms with Gasteiger partial charge in [-0.3, -0.25) is 13.9 Å². The number of methoxy groups -OCH3 is 1. The summed E-state index contributed by atoms with van der Waals surface area (Å²) < 4.78 is 31.3. The fourth-order valence-electron chi connectivity index (χ4n) is 3.27. The van der Waals surface area contributed by atoms with Crippen molar-refractivity contribution in [2.24, 2.45) is 0 Å². The number of nitrogens with one attached hydrogen (secondary N) is 1. The average molecular weight is 510 g/mol. The maximum atomic E-state index is 13.5. The van der Waals surface area contributed by atoms with Crippen LogP contribution in [0.1, 0.15) is 31.9 Å². The van der Waals surface area contributed by atoms with Gasteiger partial charge in [-0.15, -0.1) is 0 Å². The summed E-state index contributed by atoms with van der Waals surface area (Å²) in [4.78, 5) is 27.6. The lowest BCUT2D eigenvalue weighted by Gasteiger charge is -2.32. The highest BCUT2D eigenvalue weighted by Gasteiger charge is 2.30. The van der Waals surface area contributed by atoms with E-state index >= 15 is 0 Å². The molecular weight excluding hydrogens is 478 g/mol. The average Bonchev–Trinajstić information content (AvgIpc) is 2.76. The van der Waals surface area contributed by atoms with Gasteiger partial charge in [0.25, 0.3) is 0 Å². The van der Waals surface area contributed by atoms with E-state index in [1.165, 1.54) is 11.0 Å². The predicted molar refractivity (Wildman–Crippen MR) is 135 cm³/mol. The molecule has 0 aliphatic heterocycles. The van der Waals surface area contributed by atoms with E-state index in [1.54, 1.807) is 57.4 Å². The van der Waals surface area contributed by atoms with Crippen LogP contribution in [0.15, 0.2) is 42.5 Å². The Kier molecular flexibility index (Phi) is 9.35. The van der Waals surface area contributed by atoms with Crippen LogP contribution in [0.2, 0.25) is 5.02 Å². The highest BCUT2D eigenvalue weighted by atomic mass is 35.5. The quantitative estimate of drug-likeness (QED) is 0.529. The number of rotatable bonds is 10. The van der Waals surface area contributed by atoms with Gasteiger partial charge in [-0.05, 0) is 63.1 Å². The zero-order valence-electron chi connectivity index (χ0n) is 20.3. The second-order valence-corrected chi connectivity index (χ2v) is 10.7. The van der Waals surface area contributed by atoms with Crippen LogP contribution in [-0.4, -0.2) is 57.1 Å². The van der Waals surface area contributed by atoms with Gasteiger partial charge in [-0.1, -0.05) is 29.8 Å². The van der Waals surface area contributed by atoms with Gasteiger partial charge in [0.15, 0.2) is 0 Å². The number of nitrogens with zero attached hydrogens (tertiary/aromatic N) is 2. The first-order valence-corrected chi connectivity index (χ1v) is 13.0. The minimum atomic E-state index is -3.81. The standard InChI is InChI=1S/C24H32ClN3O5S/c1-16(2)26-24(30)18(4)27(14-19-8-11-21(33-5)12-9-19)23(29)15-28(34(6,31)32)20-10-7-17(3)22(25)13-20/h7-13,16,18H,14-15H2,1-6H3,(H,26,30)/t18-/m1/s1. The van der Waals surface area contributed by atoms with E-state index in [4.69, 9.17) is 16.3 Å². The summed E-state index contributed by atoms with van der Waals surface area (Å²) >= 11 is 6.20. The Morgan fingerprint density at radius 1 is 1.09 bits per heavy atom. The molecule has 0 fully saturated rings. The van der Waals surface area contributed by atoms with Crippen LogP contribution in [0.4, 0.5) is 5.69 Å². The highest BCUT2D eigenvalue weighted by molar-refractivity contribution is 7.92. The van der Waals surface area contributed by atoms with Crippen LogP contribution in [-0.2, 0) is 26.2 Å². The molecule has 0 aliphatic carbocycles. The molecule has 0 unspecified atom stereocenters. The van der Waals surface area contributed by atoms with Crippen LogP contribution in [0.5, 0.6) is 5.75 Å². The number of benzene rings is 2. The molecule has 0 saturated carbocycles. The van der Waals surface area contributed by atoms with Crippen LogP contribution >= 0.6 is 11.6 Å². The Bertz CT molecular complexity index is 1120.